The van der Waals surface area contributed by atoms with E-state index in [4.69, 9.17) is 4.74 Å². The van der Waals surface area contributed by atoms with E-state index in [1.54, 1.807) is 24.3 Å². The highest BCUT2D eigenvalue weighted by Crippen LogP contribution is 2.17. The van der Waals surface area contributed by atoms with Gasteiger partial charge in [-0.25, -0.2) is 13.1 Å². The lowest BCUT2D eigenvalue weighted by Crippen LogP contribution is -2.29. The molecule has 1 aromatic rings. The van der Waals surface area contributed by atoms with Gasteiger partial charge in [0.15, 0.2) is 0 Å². The lowest BCUT2D eigenvalue weighted by molar-refractivity contribution is 0.289. The molecule has 0 radical (unpaired) electrons. The number of hydrogen-bond acceptors (Lipinski definition) is 4. The minimum atomic E-state index is -3.48. The summed E-state index contributed by atoms with van der Waals surface area (Å²) in [6.07, 6.45) is 3.90. The first-order valence-electron chi connectivity index (χ1n) is 8.08. The van der Waals surface area contributed by atoms with E-state index in [1.165, 1.54) is 0 Å². The minimum absolute atomic E-state index is 0. The van der Waals surface area contributed by atoms with Crippen molar-refractivity contribution in [3.05, 3.63) is 35.9 Å². The predicted octanol–water partition coefficient (Wildman–Crippen LogP) is 2.73. The van der Waals surface area contributed by atoms with Crippen LogP contribution in [0.4, 0.5) is 0 Å². The van der Waals surface area contributed by atoms with Crippen LogP contribution in [-0.4, -0.2) is 34.7 Å². The molecule has 0 atom stereocenters. The summed E-state index contributed by atoms with van der Waals surface area (Å²) in [6.45, 7) is 7.00. The van der Waals surface area contributed by atoms with E-state index in [9.17, 15) is 8.42 Å². The van der Waals surface area contributed by atoms with Gasteiger partial charge in [-0.2, -0.15) is 0 Å². The zero-order chi connectivity index (χ0) is 16.7. The van der Waals surface area contributed by atoms with Crippen LogP contribution in [0.5, 0.6) is 5.75 Å². The molecule has 0 unspecified atom stereocenters. The Balaban J connectivity index is 0.00000288. The first-order valence-corrected chi connectivity index (χ1v) is 9.57. The molecule has 7 heteroatoms. The summed E-state index contributed by atoms with van der Waals surface area (Å²) >= 11 is 0. The smallest absolute Gasteiger partial charge is 0.240 e. The van der Waals surface area contributed by atoms with Crippen molar-refractivity contribution in [1.29, 1.82) is 0 Å². The van der Waals surface area contributed by atoms with Gasteiger partial charge in [-0.3, -0.25) is 0 Å². The maximum atomic E-state index is 12.3. The standard InChI is InChI=1S/C17H26N2O3S.ClH/c1-14(2)9-12-22-16-3-5-17(6-4-16)23(20,21)19-13-15-7-10-18-11-8-15;/h3-7,14,18-19H,8-13H2,1-2H3;1H. The largest absolute Gasteiger partial charge is 0.494 e. The van der Waals surface area contributed by atoms with Gasteiger partial charge in [-0.05, 0) is 49.6 Å². The summed E-state index contributed by atoms with van der Waals surface area (Å²) in [5.41, 5.74) is 1.13. The van der Waals surface area contributed by atoms with Gasteiger partial charge in [0.2, 0.25) is 10.0 Å². The first kappa shape index (κ1) is 21.0. The van der Waals surface area contributed by atoms with Crippen LogP contribution in [-0.2, 0) is 10.0 Å². The summed E-state index contributed by atoms with van der Waals surface area (Å²) in [5, 5.41) is 3.21. The molecule has 0 bridgehead atoms. The van der Waals surface area contributed by atoms with Crippen molar-refractivity contribution in [2.24, 2.45) is 5.92 Å². The molecule has 1 aromatic carbocycles. The Hall–Kier alpha value is -1.08. The SMILES string of the molecule is CC(C)CCOc1ccc(S(=O)(=O)NCC2=CCNCC2)cc1.Cl. The number of hydrogen-bond donors (Lipinski definition) is 2. The Kier molecular flexibility index (Phi) is 8.76. The van der Waals surface area contributed by atoms with E-state index in [1.807, 2.05) is 6.08 Å². The Morgan fingerprint density at radius 3 is 2.54 bits per heavy atom. The van der Waals surface area contributed by atoms with Crippen molar-refractivity contribution in [3.8, 4) is 5.75 Å². The van der Waals surface area contributed by atoms with Gasteiger partial charge in [-0.15, -0.1) is 12.4 Å². The molecule has 136 valence electrons. The highest BCUT2D eigenvalue weighted by Gasteiger charge is 2.15. The molecule has 2 N–H and O–H groups in total. The normalized spacial score (nSPS) is 14.9. The van der Waals surface area contributed by atoms with E-state index in [0.29, 0.717) is 24.8 Å². The van der Waals surface area contributed by atoms with Crippen LogP contribution in [0.15, 0.2) is 40.8 Å². The topological polar surface area (TPSA) is 67.4 Å². The number of nitrogens with one attached hydrogen (secondary N) is 2. The number of sulfonamides is 1. The molecule has 0 amide bonds. The molecule has 0 saturated carbocycles. The van der Waals surface area contributed by atoms with Gasteiger partial charge in [0.25, 0.3) is 0 Å². The average molecular weight is 375 g/mol. The van der Waals surface area contributed by atoms with Gasteiger partial charge in [-0.1, -0.05) is 25.5 Å². The first-order chi connectivity index (χ1) is 11.0. The fraction of sp³-hybridized carbons (Fsp3) is 0.529. The Labute approximate surface area is 151 Å². The van der Waals surface area contributed by atoms with E-state index >= 15 is 0 Å². The maximum absolute atomic E-state index is 12.3. The molecular formula is C17H27ClN2O3S. The summed E-state index contributed by atoms with van der Waals surface area (Å²) in [5.74, 6) is 1.29. The van der Waals surface area contributed by atoms with E-state index in [0.717, 1.165) is 31.5 Å². The predicted molar refractivity (Wildman–Crippen MR) is 99.4 cm³/mol. The molecule has 0 saturated heterocycles. The van der Waals surface area contributed by atoms with Crippen LogP contribution in [0, 0.1) is 5.92 Å². The minimum Gasteiger partial charge on any atom is -0.494 e. The van der Waals surface area contributed by atoms with E-state index in [2.05, 4.69) is 23.9 Å². The van der Waals surface area contributed by atoms with Crippen molar-refractivity contribution in [2.45, 2.75) is 31.6 Å². The molecule has 1 aliphatic rings. The summed E-state index contributed by atoms with van der Waals surface area (Å²) in [7, 11) is -3.48. The summed E-state index contributed by atoms with van der Waals surface area (Å²) in [6, 6.07) is 6.59. The zero-order valence-electron chi connectivity index (χ0n) is 14.2. The van der Waals surface area contributed by atoms with Crippen molar-refractivity contribution >= 4 is 22.4 Å². The molecule has 1 heterocycles. The van der Waals surface area contributed by atoms with E-state index < -0.39 is 10.0 Å². The van der Waals surface area contributed by atoms with Crippen LogP contribution in [0.25, 0.3) is 0 Å². The Bertz CT molecular complexity index is 628. The molecular weight excluding hydrogens is 348 g/mol. The molecule has 0 spiro atoms. The summed E-state index contributed by atoms with van der Waals surface area (Å²) in [4.78, 5) is 0.267. The highest BCUT2D eigenvalue weighted by atomic mass is 35.5. The van der Waals surface area contributed by atoms with Crippen molar-refractivity contribution < 1.29 is 13.2 Å². The molecule has 0 fully saturated rings. The second kappa shape index (κ2) is 10.0. The second-order valence-corrected chi connectivity index (χ2v) is 7.91. The number of halogens is 1. The third-order valence-electron chi connectivity index (χ3n) is 3.75. The second-order valence-electron chi connectivity index (χ2n) is 6.14. The quantitative estimate of drug-likeness (QED) is 0.686. The van der Waals surface area contributed by atoms with Gasteiger partial charge >= 0.3 is 0 Å². The van der Waals surface area contributed by atoms with Crippen molar-refractivity contribution in [3.63, 3.8) is 0 Å². The average Bonchev–Trinajstić information content (AvgIpc) is 2.54. The van der Waals surface area contributed by atoms with Crippen molar-refractivity contribution in [1.82, 2.24) is 10.0 Å². The van der Waals surface area contributed by atoms with Gasteiger partial charge in [0.1, 0.15) is 5.75 Å². The number of benzene rings is 1. The number of rotatable bonds is 8. The third-order valence-corrected chi connectivity index (χ3v) is 5.16. The van der Waals surface area contributed by atoms with Gasteiger partial charge < -0.3 is 10.1 Å². The van der Waals surface area contributed by atoms with Crippen LogP contribution < -0.4 is 14.8 Å². The van der Waals surface area contributed by atoms with Gasteiger partial charge in [0.05, 0.1) is 11.5 Å². The number of ether oxygens (including phenoxy) is 1. The zero-order valence-corrected chi connectivity index (χ0v) is 15.9. The highest BCUT2D eigenvalue weighted by molar-refractivity contribution is 7.89. The van der Waals surface area contributed by atoms with Gasteiger partial charge in [0, 0.05) is 13.1 Å². The fourth-order valence-corrected chi connectivity index (χ4v) is 3.27. The molecule has 0 aliphatic carbocycles. The lowest BCUT2D eigenvalue weighted by atomic mass is 10.1. The molecule has 1 aliphatic heterocycles. The van der Waals surface area contributed by atoms with E-state index in [-0.39, 0.29) is 17.3 Å². The molecule has 0 aromatic heterocycles. The molecule has 2 rings (SSSR count). The molecule has 24 heavy (non-hydrogen) atoms. The van der Waals surface area contributed by atoms with Crippen LogP contribution in [0.1, 0.15) is 26.7 Å². The van der Waals surface area contributed by atoms with Crippen LogP contribution in [0.2, 0.25) is 0 Å². The fourth-order valence-electron chi connectivity index (χ4n) is 2.23. The Morgan fingerprint density at radius 1 is 1.25 bits per heavy atom. The lowest BCUT2D eigenvalue weighted by Gasteiger charge is -2.15. The third kappa shape index (κ3) is 6.81. The Morgan fingerprint density at radius 2 is 1.96 bits per heavy atom. The van der Waals surface area contributed by atoms with Crippen molar-refractivity contribution in [2.75, 3.05) is 26.2 Å². The van der Waals surface area contributed by atoms with Crippen LogP contribution >= 0.6 is 12.4 Å². The molecule has 5 nitrogen and oxygen atoms in total. The summed E-state index contributed by atoms with van der Waals surface area (Å²) < 4.78 is 32.9. The maximum Gasteiger partial charge on any atom is 0.240 e. The van der Waals surface area contributed by atoms with Crippen LogP contribution in [0.3, 0.4) is 0 Å². The monoisotopic (exact) mass is 374 g/mol.